The SMILES string of the molecule is CC1CCN(C(=O)Nc2nc3c(s2)CCCC3)C1C(=O)O. The highest BCUT2D eigenvalue weighted by atomic mass is 32.1. The summed E-state index contributed by atoms with van der Waals surface area (Å²) < 4.78 is 0. The first kappa shape index (κ1) is 14.3. The Balaban J connectivity index is 1.71. The number of carbonyl (C=O) groups is 2. The molecule has 1 fully saturated rings. The fourth-order valence-electron chi connectivity index (χ4n) is 3.12. The molecule has 0 radical (unpaired) electrons. The average molecular weight is 309 g/mol. The van der Waals surface area contributed by atoms with Crippen molar-refractivity contribution in [3.8, 4) is 0 Å². The average Bonchev–Trinajstić information content (AvgIpc) is 3.01. The molecular weight excluding hydrogens is 290 g/mol. The zero-order chi connectivity index (χ0) is 15.0. The van der Waals surface area contributed by atoms with Crippen LogP contribution in [0.1, 0.15) is 36.8 Å². The smallest absolute Gasteiger partial charge is 0.326 e. The third-order valence-corrected chi connectivity index (χ3v) is 5.35. The number of carboxylic acids is 1. The van der Waals surface area contributed by atoms with Crippen LogP contribution in [0.2, 0.25) is 0 Å². The number of carbonyl (C=O) groups excluding carboxylic acids is 1. The molecule has 21 heavy (non-hydrogen) atoms. The molecule has 0 bridgehead atoms. The van der Waals surface area contributed by atoms with E-state index in [0.717, 1.165) is 31.4 Å². The zero-order valence-corrected chi connectivity index (χ0v) is 12.8. The van der Waals surface area contributed by atoms with Crippen LogP contribution >= 0.6 is 11.3 Å². The van der Waals surface area contributed by atoms with Gasteiger partial charge in [-0.05, 0) is 38.0 Å². The monoisotopic (exact) mass is 309 g/mol. The van der Waals surface area contributed by atoms with Gasteiger partial charge < -0.3 is 10.0 Å². The third-order valence-electron chi connectivity index (χ3n) is 4.27. The lowest BCUT2D eigenvalue weighted by atomic mass is 10.0. The van der Waals surface area contributed by atoms with Crippen molar-refractivity contribution in [1.82, 2.24) is 9.88 Å². The maximum absolute atomic E-state index is 12.3. The van der Waals surface area contributed by atoms with Gasteiger partial charge in [-0.3, -0.25) is 5.32 Å². The highest BCUT2D eigenvalue weighted by Gasteiger charge is 2.39. The first-order chi connectivity index (χ1) is 10.1. The first-order valence-electron chi connectivity index (χ1n) is 7.35. The summed E-state index contributed by atoms with van der Waals surface area (Å²) in [5.41, 5.74) is 1.09. The van der Waals surface area contributed by atoms with Gasteiger partial charge in [0.05, 0.1) is 5.69 Å². The summed E-state index contributed by atoms with van der Waals surface area (Å²) in [6, 6.07) is -1.09. The van der Waals surface area contributed by atoms with E-state index in [0.29, 0.717) is 11.7 Å². The molecule has 1 aromatic rings. The molecule has 2 amide bonds. The fraction of sp³-hybridized carbons (Fsp3) is 0.643. The number of anilines is 1. The van der Waals surface area contributed by atoms with Crippen LogP contribution in [0.4, 0.5) is 9.93 Å². The summed E-state index contributed by atoms with van der Waals surface area (Å²) in [5, 5.41) is 12.6. The number of urea groups is 1. The van der Waals surface area contributed by atoms with Crippen LogP contribution in [-0.4, -0.2) is 39.6 Å². The first-order valence-corrected chi connectivity index (χ1v) is 8.17. The number of aliphatic carboxylic acids is 1. The summed E-state index contributed by atoms with van der Waals surface area (Å²) >= 11 is 1.52. The Bertz CT molecular complexity index is 548. The number of aryl methyl sites for hydroxylation is 2. The van der Waals surface area contributed by atoms with Gasteiger partial charge in [-0.15, -0.1) is 11.3 Å². The number of hydrogen-bond donors (Lipinski definition) is 2. The molecule has 1 aliphatic heterocycles. The summed E-state index contributed by atoms with van der Waals surface area (Å²) in [5.74, 6) is -0.952. The minimum Gasteiger partial charge on any atom is -0.480 e. The molecule has 2 unspecified atom stereocenters. The van der Waals surface area contributed by atoms with Crippen molar-refractivity contribution in [1.29, 1.82) is 0 Å². The number of fused-ring (bicyclic) bond motifs is 1. The predicted molar refractivity (Wildman–Crippen MR) is 79.7 cm³/mol. The second-order valence-electron chi connectivity index (χ2n) is 5.77. The van der Waals surface area contributed by atoms with Gasteiger partial charge in [-0.2, -0.15) is 0 Å². The van der Waals surface area contributed by atoms with Crippen LogP contribution in [0.25, 0.3) is 0 Å². The molecule has 6 nitrogen and oxygen atoms in total. The minimum absolute atomic E-state index is 0.0160. The van der Waals surface area contributed by atoms with Gasteiger partial charge in [0.25, 0.3) is 0 Å². The molecule has 1 saturated heterocycles. The number of thiazole rings is 1. The highest BCUT2D eigenvalue weighted by molar-refractivity contribution is 7.15. The molecule has 2 heterocycles. The molecule has 1 aliphatic carbocycles. The van der Waals surface area contributed by atoms with Crippen molar-refractivity contribution < 1.29 is 14.7 Å². The molecule has 7 heteroatoms. The van der Waals surface area contributed by atoms with Gasteiger partial charge in [-0.25, -0.2) is 14.6 Å². The number of amides is 2. The molecule has 3 rings (SSSR count). The quantitative estimate of drug-likeness (QED) is 0.878. The molecule has 0 saturated carbocycles. The highest BCUT2D eigenvalue weighted by Crippen LogP contribution is 2.30. The van der Waals surface area contributed by atoms with Gasteiger partial charge >= 0.3 is 12.0 Å². The number of aromatic nitrogens is 1. The van der Waals surface area contributed by atoms with E-state index in [1.165, 1.54) is 27.5 Å². The molecule has 2 aliphatic rings. The number of rotatable bonds is 2. The van der Waals surface area contributed by atoms with Crippen LogP contribution in [0.3, 0.4) is 0 Å². The van der Waals surface area contributed by atoms with E-state index < -0.39 is 12.0 Å². The fourth-order valence-corrected chi connectivity index (χ4v) is 4.16. The molecule has 0 aromatic carbocycles. The van der Waals surface area contributed by atoms with Crippen molar-refractivity contribution in [2.75, 3.05) is 11.9 Å². The Kier molecular flexibility index (Phi) is 3.84. The third kappa shape index (κ3) is 2.74. The maximum Gasteiger partial charge on any atom is 0.326 e. The summed E-state index contributed by atoms with van der Waals surface area (Å²) in [7, 11) is 0. The summed E-state index contributed by atoms with van der Waals surface area (Å²) in [6.07, 6.45) is 5.04. The molecule has 0 spiro atoms. The van der Waals surface area contributed by atoms with Crippen molar-refractivity contribution in [2.45, 2.75) is 45.1 Å². The standard InChI is InChI=1S/C14H19N3O3S/c1-8-6-7-17(11(8)12(18)19)14(20)16-13-15-9-4-2-3-5-10(9)21-13/h8,11H,2-7H2,1H3,(H,18,19)(H,15,16,20). The van der Waals surface area contributed by atoms with Crippen molar-refractivity contribution in [3.63, 3.8) is 0 Å². The van der Waals surface area contributed by atoms with Crippen molar-refractivity contribution >= 4 is 28.5 Å². The van der Waals surface area contributed by atoms with Crippen LogP contribution in [0.5, 0.6) is 0 Å². The number of nitrogens with zero attached hydrogens (tertiary/aromatic N) is 2. The maximum atomic E-state index is 12.3. The van der Waals surface area contributed by atoms with Crippen molar-refractivity contribution in [3.05, 3.63) is 10.6 Å². The Hall–Kier alpha value is -1.63. The number of hydrogen-bond acceptors (Lipinski definition) is 4. The van der Waals surface area contributed by atoms with Crippen LogP contribution in [0.15, 0.2) is 0 Å². The zero-order valence-electron chi connectivity index (χ0n) is 12.0. The van der Waals surface area contributed by atoms with E-state index in [9.17, 15) is 14.7 Å². The Morgan fingerprint density at radius 1 is 1.38 bits per heavy atom. The van der Waals surface area contributed by atoms with Gasteiger partial charge in [0.15, 0.2) is 5.13 Å². The van der Waals surface area contributed by atoms with E-state index in [1.54, 1.807) is 0 Å². The molecule has 1 aromatic heterocycles. The Morgan fingerprint density at radius 3 is 2.86 bits per heavy atom. The van der Waals surface area contributed by atoms with E-state index in [2.05, 4.69) is 10.3 Å². The molecule has 114 valence electrons. The van der Waals surface area contributed by atoms with Gasteiger partial charge in [-0.1, -0.05) is 6.92 Å². The van der Waals surface area contributed by atoms with Crippen molar-refractivity contribution in [2.24, 2.45) is 5.92 Å². The lowest BCUT2D eigenvalue weighted by Crippen LogP contribution is -2.44. The number of likely N-dealkylation sites (tertiary alicyclic amines) is 1. The predicted octanol–water partition coefficient (Wildman–Crippen LogP) is 2.35. The van der Waals surface area contributed by atoms with E-state index in [1.807, 2.05) is 6.92 Å². The van der Waals surface area contributed by atoms with Gasteiger partial charge in [0.1, 0.15) is 6.04 Å². The van der Waals surface area contributed by atoms with E-state index >= 15 is 0 Å². The molecule has 2 atom stereocenters. The van der Waals surface area contributed by atoms with Crippen LogP contribution < -0.4 is 5.32 Å². The summed E-state index contributed by atoms with van der Waals surface area (Å²) in [6.45, 7) is 2.35. The topological polar surface area (TPSA) is 82.5 Å². The summed E-state index contributed by atoms with van der Waals surface area (Å²) in [4.78, 5) is 30.7. The van der Waals surface area contributed by atoms with E-state index in [4.69, 9.17) is 0 Å². The Labute approximate surface area is 127 Å². The normalized spacial score (nSPS) is 24.7. The van der Waals surface area contributed by atoms with Crippen LogP contribution in [-0.2, 0) is 17.6 Å². The lowest BCUT2D eigenvalue weighted by molar-refractivity contribution is -0.142. The van der Waals surface area contributed by atoms with E-state index in [-0.39, 0.29) is 11.9 Å². The number of nitrogens with one attached hydrogen (secondary N) is 1. The second-order valence-corrected chi connectivity index (χ2v) is 6.85. The number of carboxylic acid groups (broad SMARTS) is 1. The van der Waals surface area contributed by atoms with Crippen LogP contribution in [0, 0.1) is 5.92 Å². The lowest BCUT2D eigenvalue weighted by Gasteiger charge is -2.22. The second kappa shape index (κ2) is 5.63. The molecule has 2 N–H and O–H groups in total. The minimum atomic E-state index is -0.936. The molecular formula is C14H19N3O3S. The van der Waals surface area contributed by atoms with Gasteiger partial charge in [0, 0.05) is 11.4 Å². The largest absolute Gasteiger partial charge is 0.480 e. The Morgan fingerprint density at radius 2 is 2.14 bits per heavy atom. The van der Waals surface area contributed by atoms with Gasteiger partial charge in [0.2, 0.25) is 0 Å².